The SMILES string of the molecule is SCCC1C2C3CCCC3C1C1C3CCC(C3)C21. The second kappa shape index (κ2) is 3.71. The van der Waals surface area contributed by atoms with Crippen LogP contribution < -0.4 is 0 Å². The molecule has 5 aliphatic rings. The molecule has 0 aromatic rings. The minimum atomic E-state index is 1.11. The van der Waals surface area contributed by atoms with Crippen LogP contribution in [0.15, 0.2) is 0 Å². The predicted octanol–water partition coefficient (Wildman–Crippen LogP) is 4.26. The van der Waals surface area contributed by atoms with Crippen molar-refractivity contribution in [3.05, 3.63) is 0 Å². The fraction of sp³-hybridized carbons (Fsp3) is 1.00. The fourth-order valence-corrected chi connectivity index (χ4v) is 8.36. The van der Waals surface area contributed by atoms with Gasteiger partial charge >= 0.3 is 0 Å². The monoisotopic (exact) mass is 262 g/mol. The Morgan fingerprint density at radius 3 is 1.94 bits per heavy atom. The van der Waals surface area contributed by atoms with E-state index in [1.54, 1.807) is 38.5 Å². The largest absolute Gasteiger partial charge is 0.179 e. The molecule has 100 valence electrons. The maximum Gasteiger partial charge on any atom is -0.00951 e. The van der Waals surface area contributed by atoms with Gasteiger partial charge in [0.2, 0.25) is 0 Å². The van der Waals surface area contributed by atoms with E-state index >= 15 is 0 Å². The molecule has 0 spiro atoms. The van der Waals surface area contributed by atoms with Crippen LogP contribution in [-0.4, -0.2) is 5.75 Å². The molecule has 18 heavy (non-hydrogen) atoms. The van der Waals surface area contributed by atoms with Crippen LogP contribution in [0, 0.1) is 53.3 Å². The molecule has 5 saturated carbocycles. The molecule has 0 aliphatic heterocycles. The van der Waals surface area contributed by atoms with Gasteiger partial charge < -0.3 is 0 Å². The highest BCUT2D eigenvalue weighted by molar-refractivity contribution is 7.80. The molecule has 0 aromatic heterocycles. The summed E-state index contributed by atoms with van der Waals surface area (Å²) in [6.07, 6.45) is 11.0. The Kier molecular flexibility index (Phi) is 2.28. The molecule has 0 radical (unpaired) electrons. The lowest BCUT2D eigenvalue weighted by atomic mass is 9.64. The standard InChI is InChI=1S/C17H26S/c18-7-6-13-16-11-2-1-3-12(11)17(13)15-10-5-4-9(8-10)14(15)16/h9-18H,1-8H2. The molecule has 0 amide bonds. The lowest BCUT2D eigenvalue weighted by Crippen LogP contribution is -2.35. The molecule has 0 saturated heterocycles. The van der Waals surface area contributed by atoms with E-state index in [2.05, 4.69) is 12.6 Å². The van der Waals surface area contributed by atoms with Crippen LogP contribution in [-0.2, 0) is 0 Å². The van der Waals surface area contributed by atoms with Crippen molar-refractivity contribution >= 4 is 12.6 Å². The minimum Gasteiger partial charge on any atom is -0.179 e. The molecule has 0 heterocycles. The van der Waals surface area contributed by atoms with Crippen LogP contribution in [0.5, 0.6) is 0 Å². The Morgan fingerprint density at radius 1 is 0.778 bits per heavy atom. The summed E-state index contributed by atoms with van der Waals surface area (Å²) in [5.74, 6) is 11.6. The van der Waals surface area contributed by atoms with Crippen molar-refractivity contribution in [1.82, 2.24) is 0 Å². The van der Waals surface area contributed by atoms with Gasteiger partial charge in [-0.2, -0.15) is 12.6 Å². The third kappa shape index (κ3) is 1.13. The van der Waals surface area contributed by atoms with E-state index in [0.717, 1.165) is 23.5 Å². The summed E-state index contributed by atoms with van der Waals surface area (Å²) < 4.78 is 0. The van der Waals surface area contributed by atoms with E-state index in [1.807, 2.05) is 0 Å². The van der Waals surface area contributed by atoms with Crippen LogP contribution in [0.2, 0.25) is 0 Å². The van der Waals surface area contributed by atoms with Crippen molar-refractivity contribution in [2.24, 2.45) is 53.3 Å². The molecule has 5 rings (SSSR count). The maximum atomic E-state index is 4.58. The Hall–Kier alpha value is 0.350. The van der Waals surface area contributed by atoms with Gasteiger partial charge in [0.1, 0.15) is 0 Å². The first-order valence-electron chi connectivity index (χ1n) is 8.51. The summed E-state index contributed by atoms with van der Waals surface area (Å²) in [5, 5.41) is 0. The fourth-order valence-electron chi connectivity index (χ4n) is 8.06. The highest BCUT2D eigenvalue weighted by atomic mass is 32.1. The number of hydrogen-bond donors (Lipinski definition) is 1. The summed E-state index contributed by atoms with van der Waals surface area (Å²) in [6.45, 7) is 0. The summed E-state index contributed by atoms with van der Waals surface area (Å²) in [7, 11) is 0. The molecule has 5 fully saturated rings. The van der Waals surface area contributed by atoms with Gasteiger partial charge in [0.25, 0.3) is 0 Å². The van der Waals surface area contributed by atoms with Crippen molar-refractivity contribution in [2.45, 2.75) is 44.9 Å². The number of hydrogen-bond acceptors (Lipinski definition) is 1. The topological polar surface area (TPSA) is 0 Å². The zero-order valence-corrected chi connectivity index (χ0v) is 12.2. The van der Waals surface area contributed by atoms with Crippen LogP contribution in [0.4, 0.5) is 0 Å². The molecule has 1 heteroatoms. The van der Waals surface area contributed by atoms with E-state index in [-0.39, 0.29) is 0 Å². The number of rotatable bonds is 2. The highest BCUT2D eigenvalue weighted by Crippen LogP contribution is 2.75. The lowest BCUT2D eigenvalue weighted by Gasteiger charge is -2.40. The predicted molar refractivity (Wildman–Crippen MR) is 77.6 cm³/mol. The Bertz CT molecular complexity index is 335. The second-order valence-corrected chi connectivity index (χ2v) is 8.52. The van der Waals surface area contributed by atoms with E-state index in [0.29, 0.717) is 0 Å². The quantitative estimate of drug-likeness (QED) is 0.558. The number of thiol groups is 1. The average molecular weight is 262 g/mol. The van der Waals surface area contributed by atoms with E-state index in [9.17, 15) is 0 Å². The molecule has 8 unspecified atom stereocenters. The summed E-state index contributed by atoms with van der Waals surface area (Å²) in [5.41, 5.74) is 0. The second-order valence-electron chi connectivity index (χ2n) is 8.08. The van der Waals surface area contributed by atoms with Gasteiger partial charge in [-0.1, -0.05) is 6.42 Å². The summed E-state index contributed by atoms with van der Waals surface area (Å²) in [4.78, 5) is 0. The van der Waals surface area contributed by atoms with E-state index < -0.39 is 0 Å². The molecule has 0 aromatic carbocycles. The van der Waals surface area contributed by atoms with Crippen molar-refractivity contribution in [1.29, 1.82) is 0 Å². The van der Waals surface area contributed by atoms with Crippen molar-refractivity contribution in [3.8, 4) is 0 Å². The first-order valence-corrected chi connectivity index (χ1v) is 9.14. The van der Waals surface area contributed by atoms with Gasteiger partial charge in [0.15, 0.2) is 0 Å². The number of fused-ring (bicyclic) bond motifs is 12. The maximum absolute atomic E-state index is 4.58. The van der Waals surface area contributed by atoms with Crippen molar-refractivity contribution in [2.75, 3.05) is 5.75 Å². The molecule has 5 aliphatic carbocycles. The smallest absolute Gasteiger partial charge is 0.00951 e. The van der Waals surface area contributed by atoms with Gasteiger partial charge in [-0.15, -0.1) is 0 Å². The van der Waals surface area contributed by atoms with Gasteiger partial charge in [-0.25, -0.2) is 0 Å². The van der Waals surface area contributed by atoms with Gasteiger partial charge in [0, 0.05) is 0 Å². The first kappa shape index (κ1) is 11.1. The van der Waals surface area contributed by atoms with Crippen LogP contribution >= 0.6 is 12.6 Å². The average Bonchev–Trinajstić information content (AvgIpc) is 3.12. The van der Waals surface area contributed by atoms with Crippen LogP contribution in [0.25, 0.3) is 0 Å². The molecular formula is C17H26S. The van der Waals surface area contributed by atoms with Gasteiger partial charge in [-0.05, 0) is 97.5 Å². The Balaban J connectivity index is 1.56. The summed E-state index contributed by atoms with van der Waals surface area (Å²) >= 11 is 4.58. The molecule has 0 nitrogen and oxygen atoms in total. The minimum absolute atomic E-state index is 1.11. The van der Waals surface area contributed by atoms with Crippen LogP contribution in [0.3, 0.4) is 0 Å². The molecule has 4 bridgehead atoms. The zero-order chi connectivity index (χ0) is 11.9. The Morgan fingerprint density at radius 2 is 1.39 bits per heavy atom. The van der Waals surface area contributed by atoms with Crippen molar-refractivity contribution in [3.63, 3.8) is 0 Å². The normalized spacial score (nSPS) is 63.5. The van der Waals surface area contributed by atoms with E-state index in [4.69, 9.17) is 0 Å². The molecule has 8 atom stereocenters. The summed E-state index contributed by atoms with van der Waals surface area (Å²) in [6, 6.07) is 0. The van der Waals surface area contributed by atoms with Crippen molar-refractivity contribution < 1.29 is 0 Å². The van der Waals surface area contributed by atoms with Crippen LogP contribution in [0.1, 0.15) is 44.9 Å². The Labute approximate surface area is 117 Å². The third-order valence-corrected chi connectivity index (χ3v) is 8.26. The lowest BCUT2D eigenvalue weighted by molar-refractivity contribution is 0.0716. The molecular weight excluding hydrogens is 236 g/mol. The zero-order valence-electron chi connectivity index (χ0n) is 11.3. The van der Waals surface area contributed by atoms with Gasteiger partial charge in [-0.3, -0.25) is 0 Å². The van der Waals surface area contributed by atoms with E-state index in [1.165, 1.54) is 41.9 Å². The molecule has 0 N–H and O–H groups in total. The first-order chi connectivity index (χ1) is 8.90. The van der Waals surface area contributed by atoms with Gasteiger partial charge in [0.05, 0.1) is 0 Å². The third-order valence-electron chi connectivity index (χ3n) is 8.00. The highest BCUT2D eigenvalue weighted by Gasteiger charge is 2.69.